The summed E-state index contributed by atoms with van der Waals surface area (Å²) in [6.07, 6.45) is -0.129. The molecule has 0 saturated carbocycles. The smallest absolute Gasteiger partial charge is 0.444 e. The average Bonchev–Trinajstić information content (AvgIpc) is 2.56. The second-order valence-electron chi connectivity index (χ2n) is 4.81. The van der Waals surface area contributed by atoms with Crippen molar-refractivity contribution in [1.82, 2.24) is 5.32 Å². The summed E-state index contributed by atoms with van der Waals surface area (Å²) in [4.78, 5) is 11.4. The SMILES string of the molecule is CCOC(=O)CNCP(=O)(Oc1ccccc1)Oc1ccccc1. The van der Waals surface area contributed by atoms with E-state index in [1.165, 1.54) is 0 Å². The van der Waals surface area contributed by atoms with Gasteiger partial charge in [-0.05, 0) is 31.2 Å². The minimum atomic E-state index is -3.56. The predicted octanol–water partition coefficient (Wildman–Crippen LogP) is 3.45. The van der Waals surface area contributed by atoms with E-state index >= 15 is 0 Å². The Labute approximate surface area is 141 Å². The Morgan fingerprint density at radius 3 is 1.92 bits per heavy atom. The molecule has 2 aromatic carbocycles. The van der Waals surface area contributed by atoms with Gasteiger partial charge in [0.2, 0.25) is 0 Å². The number of para-hydroxylation sites is 2. The molecule has 0 aliphatic heterocycles. The Hall–Kier alpha value is -2.30. The molecule has 0 amide bonds. The second-order valence-corrected chi connectivity index (χ2v) is 6.71. The van der Waals surface area contributed by atoms with Crippen LogP contribution in [0.2, 0.25) is 0 Å². The van der Waals surface area contributed by atoms with Gasteiger partial charge in [-0.15, -0.1) is 0 Å². The molecule has 0 fully saturated rings. The topological polar surface area (TPSA) is 73.9 Å². The summed E-state index contributed by atoms with van der Waals surface area (Å²) < 4.78 is 29.0. The van der Waals surface area contributed by atoms with Crippen LogP contribution in [-0.4, -0.2) is 25.4 Å². The van der Waals surface area contributed by atoms with E-state index in [2.05, 4.69) is 5.32 Å². The fourth-order valence-corrected chi connectivity index (χ4v) is 3.31. The van der Waals surface area contributed by atoms with E-state index in [1.807, 2.05) is 12.1 Å². The molecule has 6 nitrogen and oxygen atoms in total. The van der Waals surface area contributed by atoms with Crippen LogP contribution in [0.25, 0.3) is 0 Å². The molecule has 7 heteroatoms. The molecule has 2 rings (SSSR count). The van der Waals surface area contributed by atoms with Crippen LogP contribution < -0.4 is 14.4 Å². The third kappa shape index (κ3) is 6.07. The number of carbonyl (C=O) groups is 1. The first-order valence-corrected chi connectivity index (χ1v) is 9.29. The molecule has 0 aliphatic rings. The van der Waals surface area contributed by atoms with Gasteiger partial charge in [0, 0.05) is 0 Å². The van der Waals surface area contributed by atoms with Crippen LogP contribution >= 0.6 is 7.60 Å². The molecule has 0 atom stereocenters. The van der Waals surface area contributed by atoms with Crippen LogP contribution in [0, 0.1) is 0 Å². The normalized spacial score (nSPS) is 10.9. The first-order valence-electron chi connectivity index (χ1n) is 7.56. The molecular weight excluding hydrogens is 329 g/mol. The van der Waals surface area contributed by atoms with E-state index in [9.17, 15) is 9.36 Å². The molecule has 0 aromatic heterocycles. The number of hydrogen-bond acceptors (Lipinski definition) is 6. The summed E-state index contributed by atoms with van der Waals surface area (Å²) in [6.45, 7) is 1.94. The van der Waals surface area contributed by atoms with Crippen LogP contribution in [0.1, 0.15) is 6.92 Å². The number of nitrogens with one attached hydrogen (secondary N) is 1. The first-order chi connectivity index (χ1) is 11.6. The lowest BCUT2D eigenvalue weighted by atomic mass is 10.3. The molecule has 0 radical (unpaired) electrons. The van der Waals surface area contributed by atoms with Crippen molar-refractivity contribution in [2.24, 2.45) is 0 Å². The van der Waals surface area contributed by atoms with Crippen LogP contribution in [0.3, 0.4) is 0 Å². The molecule has 24 heavy (non-hydrogen) atoms. The third-order valence-electron chi connectivity index (χ3n) is 2.86. The van der Waals surface area contributed by atoms with Gasteiger partial charge in [-0.3, -0.25) is 10.1 Å². The van der Waals surface area contributed by atoms with Crippen LogP contribution in [-0.2, 0) is 14.1 Å². The number of carbonyl (C=O) groups excluding carboxylic acids is 1. The zero-order chi connectivity index (χ0) is 17.3. The minimum Gasteiger partial charge on any atom is -0.465 e. The van der Waals surface area contributed by atoms with E-state index in [4.69, 9.17) is 13.8 Å². The van der Waals surface area contributed by atoms with Gasteiger partial charge in [0.15, 0.2) is 0 Å². The Morgan fingerprint density at radius 2 is 1.46 bits per heavy atom. The maximum absolute atomic E-state index is 13.0. The van der Waals surface area contributed by atoms with Crippen LogP contribution in [0.5, 0.6) is 11.5 Å². The molecule has 0 spiro atoms. The Bertz CT molecular complexity index is 632. The lowest BCUT2D eigenvalue weighted by Crippen LogP contribution is -2.27. The van der Waals surface area contributed by atoms with Crippen LogP contribution in [0.4, 0.5) is 0 Å². The van der Waals surface area contributed by atoms with Gasteiger partial charge in [0.1, 0.15) is 17.8 Å². The molecule has 0 heterocycles. The monoisotopic (exact) mass is 349 g/mol. The van der Waals surface area contributed by atoms with Crippen molar-refractivity contribution in [3.8, 4) is 11.5 Å². The highest BCUT2D eigenvalue weighted by Crippen LogP contribution is 2.47. The molecule has 2 aromatic rings. The lowest BCUT2D eigenvalue weighted by molar-refractivity contribution is -0.141. The second kappa shape index (κ2) is 9.11. The van der Waals surface area contributed by atoms with Crippen molar-refractivity contribution < 1.29 is 23.1 Å². The Balaban J connectivity index is 2.05. The number of hydrogen-bond donors (Lipinski definition) is 1. The van der Waals surface area contributed by atoms with Crippen molar-refractivity contribution in [3.05, 3.63) is 60.7 Å². The molecule has 0 saturated heterocycles. The summed E-state index contributed by atoms with van der Waals surface area (Å²) in [5.41, 5.74) is 0. The highest BCUT2D eigenvalue weighted by Gasteiger charge is 2.28. The zero-order valence-corrected chi connectivity index (χ0v) is 14.3. The summed E-state index contributed by atoms with van der Waals surface area (Å²) in [5, 5.41) is 2.76. The standard InChI is InChI=1S/C17H20NO5P/c1-2-21-17(19)13-18-14-24(20,22-15-9-5-3-6-10-15)23-16-11-7-4-8-12-16/h3-12,18H,2,13-14H2,1H3. The number of benzene rings is 2. The van der Waals surface area contributed by atoms with Crippen molar-refractivity contribution in [1.29, 1.82) is 0 Å². The molecule has 128 valence electrons. The van der Waals surface area contributed by atoms with Crippen molar-refractivity contribution >= 4 is 13.6 Å². The van der Waals surface area contributed by atoms with Gasteiger partial charge in [0.05, 0.1) is 13.2 Å². The van der Waals surface area contributed by atoms with Gasteiger partial charge >= 0.3 is 13.6 Å². The Morgan fingerprint density at radius 1 is 0.958 bits per heavy atom. The van der Waals surface area contributed by atoms with Gasteiger partial charge < -0.3 is 13.8 Å². The molecule has 0 aliphatic carbocycles. The highest BCUT2D eigenvalue weighted by atomic mass is 31.2. The molecular formula is C17H20NO5P. The first kappa shape index (κ1) is 18.0. The van der Waals surface area contributed by atoms with Gasteiger partial charge in [-0.1, -0.05) is 36.4 Å². The predicted molar refractivity (Wildman–Crippen MR) is 91.2 cm³/mol. The quantitative estimate of drug-likeness (QED) is 0.552. The highest BCUT2D eigenvalue weighted by molar-refractivity contribution is 7.54. The zero-order valence-electron chi connectivity index (χ0n) is 13.4. The Kier molecular flexibility index (Phi) is 6.85. The molecule has 0 bridgehead atoms. The number of rotatable bonds is 9. The van der Waals surface area contributed by atoms with Crippen LogP contribution in [0.15, 0.2) is 60.7 Å². The van der Waals surface area contributed by atoms with Crippen molar-refractivity contribution in [2.45, 2.75) is 6.92 Å². The fraction of sp³-hybridized carbons (Fsp3) is 0.235. The lowest BCUT2D eigenvalue weighted by Gasteiger charge is -2.20. The van der Waals surface area contributed by atoms with Gasteiger partial charge in [-0.25, -0.2) is 4.57 Å². The largest absolute Gasteiger partial charge is 0.465 e. The van der Waals surface area contributed by atoms with E-state index in [0.29, 0.717) is 18.1 Å². The fourth-order valence-electron chi connectivity index (χ4n) is 1.87. The van der Waals surface area contributed by atoms with Gasteiger partial charge in [-0.2, -0.15) is 0 Å². The van der Waals surface area contributed by atoms with Gasteiger partial charge in [0.25, 0.3) is 0 Å². The van der Waals surface area contributed by atoms with E-state index < -0.39 is 13.6 Å². The van der Waals surface area contributed by atoms with E-state index in [-0.39, 0.29) is 12.8 Å². The third-order valence-corrected chi connectivity index (χ3v) is 4.44. The molecule has 1 N–H and O–H groups in total. The maximum Gasteiger partial charge on any atom is 0.444 e. The van der Waals surface area contributed by atoms with Crippen molar-refractivity contribution in [3.63, 3.8) is 0 Å². The average molecular weight is 349 g/mol. The van der Waals surface area contributed by atoms with Crippen molar-refractivity contribution in [2.75, 3.05) is 19.4 Å². The van der Waals surface area contributed by atoms with E-state index in [1.54, 1.807) is 55.5 Å². The summed E-state index contributed by atoms with van der Waals surface area (Å²) in [6, 6.07) is 17.5. The summed E-state index contributed by atoms with van der Waals surface area (Å²) in [5.74, 6) is 0.424. The van der Waals surface area contributed by atoms with E-state index in [0.717, 1.165) is 0 Å². The minimum absolute atomic E-state index is 0.0753. The summed E-state index contributed by atoms with van der Waals surface area (Å²) >= 11 is 0. The molecule has 0 unspecified atom stereocenters. The number of ether oxygens (including phenoxy) is 1. The summed E-state index contributed by atoms with van der Waals surface area (Å²) in [7, 11) is -3.56. The maximum atomic E-state index is 13.0. The number of esters is 1.